The van der Waals surface area contributed by atoms with Gasteiger partial charge in [0.05, 0.1) is 23.9 Å². The van der Waals surface area contributed by atoms with Crippen LogP contribution in [0.2, 0.25) is 5.02 Å². The summed E-state index contributed by atoms with van der Waals surface area (Å²) in [4.78, 5) is 18.4. The minimum Gasteiger partial charge on any atom is -0.497 e. The number of pyridine rings is 1. The Morgan fingerprint density at radius 1 is 0.968 bits per heavy atom. The molecule has 1 heterocycles. The molecule has 0 aliphatic rings. The number of ether oxygens (including phenoxy) is 1. The molecule has 1 aromatic heterocycles. The van der Waals surface area contributed by atoms with Crippen molar-refractivity contribution in [2.45, 2.75) is 20.8 Å². The van der Waals surface area contributed by atoms with Crippen LogP contribution in [-0.4, -0.2) is 18.0 Å². The van der Waals surface area contributed by atoms with Crippen LogP contribution in [0.1, 0.15) is 27.0 Å². The highest BCUT2D eigenvalue weighted by Crippen LogP contribution is 2.33. The molecule has 0 fully saturated rings. The zero-order chi connectivity index (χ0) is 22.1. The molecule has 0 bridgehead atoms. The van der Waals surface area contributed by atoms with Crippen LogP contribution >= 0.6 is 11.6 Å². The van der Waals surface area contributed by atoms with E-state index in [1.807, 2.05) is 51.1 Å². The van der Waals surface area contributed by atoms with Gasteiger partial charge in [-0.2, -0.15) is 0 Å². The molecule has 4 rings (SSSR count). The summed E-state index contributed by atoms with van der Waals surface area (Å²) in [5.74, 6) is 0.599. The van der Waals surface area contributed by atoms with Crippen molar-refractivity contribution in [3.63, 3.8) is 0 Å². The fourth-order valence-corrected chi connectivity index (χ4v) is 3.99. The molecular formula is C26H23ClN2O2. The first kappa shape index (κ1) is 20.9. The van der Waals surface area contributed by atoms with Crippen molar-refractivity contribution in [3.05, 3.63) is 87.9 Å². The first-order valence-corrected chi connectivity index (χ1v) is 10.4. The normalized spacial score (nSPS) is 10.9. The van der Waals surface area contributed by atoms with Crippen molar-refractivity contribution in [2.75, 3.05) is 12.4 Å². The van der Waals surface area contributed by atoms with Gasteiger partial charge in [-0.05, 0) is 86.5 Å². The Labute approximate surface area is 186 Å². The number of rotatable bonds is 4. The van der Waals surface area contributed by atoms with Crippen LogP contribution < -0.4 is 10.1 Å². The second kappa shape index (κ2) is 8.40. The number of nitrogens with one attached hydrogen (secondary N) is 1. The molecule has 0 aliphatic heterocycles. The van der Waals surface area contributed by atoms with Crippen molar-refractivity contribution < 1.29 is 9.53 Å². The zero-order valence-electron chi connectivity index (χ0n) is 17.9. The predicted octanol–water partition coefficient (Wildman–Crippen LogP) is 6.74. The molecule has 0 radical (unpaired) electrons. The number of halogens is 1. The van der Waals surface area contributed by atoms with E-state index in [2.05, 4.69) is 11.4 Å². The summed E-state index contributed by atoms with van der Waals surface area (Å²) in [6, 6.07) is 18.9. The second-order valence-electron chi connectivity index (χ2n) is 7.63. The SMILES string of the molecule is COc1ccc(-c2nc3c(C)cc(C)cc3c(C(=O)Nc3ccc(Cl)cc3)c2C)cc1. The summed E-state index contributed by atoms with van der Waals surface area (Å²) in [6.07, 6.45) is 0. The molecule has 156 valence electrons. The Balaban J connectivity index is 1.91. The average molecular weight is 431 g/mol. The second-order valence-corrected chi connectivity index (χ2v) is 8.06. The molecule has 31 heavy (non-hydrogen) atoms. The number of anilines is 1. The fourth-order valence-electron chi connectivity index (χ4n) is 3.86. The van der Waals surface area contributed by atoms with E-state index < -0.39 is 0 Å². The van der Waals surface area contributed by atoms with Crippen LogP contribution in [-0.2, 0) is 0 Å². The van der Waals surface area contributed by atoms with Gasteiger partial charge in [-0.25, -0.2) is 4.98 Å². The summed E-state index contributed by atoms with van der Waals surface area (Å²) in [5, 5.41) is 4.48. The van der Waals surface area contributed by atoms with E-state index in [-0.39, 0.29) is 5.91 Å². The van der Waals surface area contributed by atoms with Crippen LogP contribution in [0.5, 0.6) is 5.75 Å². The van der Waals surface area contributed by atoms with Crippen LogP contribution in [0.15, 0.2) is 60.7 Å². The van der Waals surface area contributed by atoms with Gasteiger partial charge in [0.1, 0.15) is 5.75 Å². The maximum Gasteiger partial charge on any atom is 0.256 e. The van der Waals surface area contributed by atoms with Crippen molar-refractivity contribution in [2.24, 2.45) is 0 Å². The third kappa shape index (κ3) is 4.12. The standard InChI is InChI=1S/C26H23ClN2O2/c1-15-13-16(2)24-22(14-15)23(26(30)28-20-9-7-19(27)8-10-20)17(3)25(29-24)18-5-11-21(31-4)12-6-18/h5-14H,1-4H3,(H,28,30). The molecule has 1 amide bonds. The minimum atomic E-state index is -0.174. The van der Waals surface area contributed by atoms with Gasteiger partial charge in [0.2, 0.25) is 0 Å². The van der Waals surface area contributed by atoms with E-state index in [0.717, 1.165) is 44.6 Å². The molecule has 0 unspecified atom stereocenters. The van der Waals surface area contributed by atoms with Crippen LogP contribution in [0.3, 0.4) is 0 Å². The maximum absolute atomic E-state index is 13.4. The molecule has 0 spiro atoms. The first-order valence-electron chi connectivity index (χ1n) is 10.0. The number of carbonyl (C=O) groups excluding carboxylic acids is 1. The Kier molecular flexibility index (Phi) is 5.66. The van der Waals surface area contributed by atoms with E-state index >= 15 is 0 Å². The van der Waals surface area contributed by atoms with Crippen molar-refractivity contribution >= 4 is 34.1 Å². The Morgan fingerprint density at radius 3 is 2.29 bits per heavy atom. The van der Waals surface area contributed by atoms with E-state index in [9.17, 15) is 4.79 Å². The van der Waals surface area contributed by atoms with Crippen molar-refractivity contribution in [1.82, 2.24) is 4.98 Å². The molecule has 0 saturated carbocycles. The van der Waals surface area contributed by atoms with Crippen molar-refractivity contribution in [1.29, 1.82) is 0 Å². The molecule has 0 saturated heterocycles. The zero-order valence-corrected chi connectivity index (χ0v) is 18.7. The number of hydrogen-bond donors (Lipinski definition) is 1. The maximum atomic E-state index is 13.4. The molecule has 3 aromatic carbocycles. The number of methoxy groups -OCH3 is 1. The highest BCUT2D eigenvalue weighted by atomic mass is 35.5. The number of aromatic nitrogens is 1. The lowest BCUT2D eigenvalue weighted by atomic mass is 9.94. The number of hydrogen-bond acceptors (Lipinski definition) is 3. The highest BCUT2D eigenvalue weighted by Gasteiger charge is 2.20. The van der Waals surface area contributed by atoms with Crippen LogP contribution in [0.4, 0.5) is 5.69 Å². The molecule has 4 aromatic rings. The van der Waals surface area contributed by atoms with E-state index in [1.54, 1.807) is 31.4 Å². The van der Waals surface area contributed by atoms with Crippen LogP contribution in [0, 0.1) is 20.8 Å². The molecule has 5 heteroatoms. The fraction of sp³-hybridized carbons (Fsp3) is 0.154. The molecular weight excluding hydrogens is 408 g/mol. The van der Waals surface area contributed by atoms with Gasteiger partial charge in [-0.3, -0.25) is 4.79 Å². The van der Waals surface area contributed by atoms with Gasteiger partial charge < -0.3 is 10.1 Å². The van der Waals surface area contributed by atoms with Gasteiger partial charge in [0, 0.05) is 21.7 Å². The largest absolute Gasteiger partial charge is 0.497 e. The third-order valence-corrected chi connectivity index (χ3v) is 5.61. The third-order valence-electron chi connectivity index (χ3n) is 5.36. The Bertz CT molecular complexity index is 1280. The summed E-state index contributed by atoms with van der Waals surface area (Å²) < 4.78 is 5.28. The first-order chi connectivity index (χ1) is 14.9. The van der Waals surface area contributed by atoms with Gasteiger partial charge >= 0.3 is 0 Å². The smallest absolute Gasteiger partial charge is 0.256 e. The summed E-state index contributed by atoms with van der Waals surface area (Å²) in [7, 11) is 1.64. The summed E-state index contributed by atoms with van der Waals surface area (Å²) in [5.41, 5.74) is 6.79. The number of nitrogens with zero attached hydrogens (tertiary/aromatic N) is 1. The lowest BCUT2D eigenvalue weighted by molar-refractivity contribution is 0.102. The summed E-state index contributed by atoms with van der Waals surface area (Å²) in [6.45, 7) is 6.00. The van der Waals surface area contributed by atoms with E-state index in [1.165, 1.54) is 0 Å². The van der Waals surface area contributed by atoms with E-state index in [0.29, 0.717) is 16.3 Å². The number of fused-ring (bicyclic) bond motifs is 1. The number of aryl methyl sites for hydroxylation is 2. The van der Waals surface area contributed by atoms with E-state index in [4.69, 9.17) is 21.3 Å². The van der Waals surface area contributed by atoms with Crippen molar-refractivity contribution in [3.8, 4) is 17.0 Å². The lowest BCUT2D eigenvalue weighted by Crippen LogP contribution is -2.15. The van der Waals surface area contributed by atoms with Gasteiger partial charge in [0.15, 0.2) is 0 Å². The molecule has 0 atom stereocenters. The molecule has 0 aliphatic carbocycles. The highest BCUT2D eigenvalue weighted by molar-refractivity contribution is 6.30. The quantitative estimate of drug-likeness (QED) is 0.390. The summed E-state index contributed by atoms with van der Waals surface area (Å²) >= 11 is 5.98. The monoisotopic (exact) mass is 430 g/mol. The number of carbonyl (C=O) groups is 1. The van der Waals surface area contributed by atoms with Gasteiger partial charge in [-0.15, -0.1) is 0 Å². The Morgan fingerprint density at radius 2 is 1.65 bits per heavy atom. The number of benzene rings is 3. The van der Waals surface area contributed by atoms with Gasteiger partial charge in [-0.1, -0.05) is 23.2 Å². The van der Waals surface area contributed by atoms with Crippen LogP contribution in [0.25, 0.3) is 22.2 Å². The minimum absolute atomic E-state index is 0.174. The topological polar surface area (TPSA) is 51.2 Å². The molecule has 4 nitrogen and oxygen atoms in total. The molecule has 1 N–H and O–H groups in total. The Hall–Kier alpha value is -3.37. The average Bonchev–Trinajstić information content (AvgIpc) is 2.75. The lowest BCUT2D eigenvalue weighted by Gasteiger charge is -2.17. The predicted molar refractivity (Wildman–Crippen MR) is 127 cm³/mol. The number of amides is 1. The van der Waals surface area contributed by atoms with Gasteiger partial charge in [0.25, 0.3) is 5.91 Å².